The normalized spacial score (nSPS) is 18.2. The fraction of sp³-hybridized carbons (Fsp3) is 1.00. The van der Waals surface area contributed by atoms with Crippen LogP contribution in [0.5, 0.6) is 0 Å². The molecule has 1 nitrogen and oxygen atoms in total. The molecule has 13 heavy (non-hydrogen) atoms. The second kappa shape index (κ2) is 7.37. The summed E-state index contributed by atoms with van der Waals surface area (Å²) in [4.78, 5) is 0. The van der Waals surface area contributed by atoms with Crippen molar-refractivity contribution in [1.29, 1.82) is 0 Å². The average molecular weight is 185 g/mol. The molecular formula is C12H27N. The van der Waals surface area contributed by atoms with Gasteiger partial charge in [0.15, 0.2) is 0 Å². The quantitative estimate of drug-likeness (QED) is 0.646. The molecule has 0 saturated heterocycles. The molecular weight excluding hydrogens is 158 g/mol. The fourth-order valence-corrected chi connectivity index (χ4v) is 1.66. The van der Waals surface area contributed by atoms with E-state index in [9.17, 15) is 0 Å². The van der Waals surface area contributed by atoms with Gasteiger partial charge in [-0.25, -0.2) is 0 Å². The van der Waals surface area contributed by atoms with Crippen LogP contribution in [0.3, 0.4) is 0 Å². The van der Waals surface area contributed by atoms with E-state index >= 15 is 0 Å². The first-order chi connectivity index (χ1) is 6.11. The summed E-state index contributed by atoms with van der Waals surface area (Å²) in [5.41, 5.74) is 5.52. The van der Waals surface area contributed by atoms with Gasteiger partial charge in [0.2, 0.25) is 0 Å². The van der Waals surface area contributed by atoms with Gasteiger partial charge in [-0.15, -0.1) is 0 Å². The summed E-state index contributed by atoms with van der Waals surface area (Å²) in [5, 5.41) is 0. The lowest BCUT2D eigenvalue weighted by Gasteiger charge is -2.20. The van der Waals surface area contributed by atoms with E-state index in [-0.39, 0.29) is 0 Å². The van der Waals surface area contributed by atoms with Crippen LogP contribution in [-0.4, -0.2) is 6.54 Å². The number of rotatable bonds is 7. The molecule has 0 aliphatic rings. The van der Waals surface area contributed by atoms with Crippen molar-refractivity contribution in [2.24, 2.45) is 23.5 Å². The SMILES string of the molecule is CCC(C)C(C)CCC(C)CCN. The molecule has 0 bridgehead atoms. The Bertz CT molecular complexity index is 112. The molecule has 0 aromatic heterocycles. The van der Waals surface area contributed by atoms with Crippen LogP contribution in [0.15, 0.2) is 0 Å². The highest BCUT2D eigenvalue weighted by molar-refractivity contribution is 4.63. The van der Waals surface area contributed by atoms with Crippen molar-refractivity contribution in [3.05, 3.63) is 0 Å². The van der Waals surface area contributed by atoms with Crippen LogP contribution in [0.25, 0.3) is 0 Å². The predicted octanol–water partition coefficient (Wildman–Crippen LogP) is 3.43. The van der Waals surface area contributed by atoms with E-state index in [2.05, 4.69) is 27.7 Å². The van der Waals surface area contributed by atoms with Crippen molar-refractivity contribution in [1.82, 2.24) is 0 Å². The lowest BCUT2D eigenvalue weighted by atomic mass is 9.87. The highest BCUT2D eigenvalue weighted by Gasteiger charge is 2.11. The summed E-state index contributed by atoms with van der Waals surface area (Å²) < 4.78 is 0. The second-order valence-electron chi connectivity index (χ2n) is 4.62. The predicted molar refractivity (Wildman–Crippen MR) is 60.7 cm³/mol. The molecule has 0 aliphatic heterocycles. The van der Waals surface area contributed by atoms with Gasteiger partial charge in [0.05, 0.1) is 0 Å². The van der Waals surface area contributed by atoms with Gasteiger partial charge in [-0.3, -0.25) is 0 Å². The van der Waals surface area contributed by atoms with Crippen LogP contribution >= 0.6 is 0 Å². The Kier molecular flexibility index (Phi) is 7.35. The van der Waals surface area contributed by atoms with Gasteiger partial charge >= 0.3 is 0 Å². The summed E-state index contributed by atoms with van der Waals surface area (Å²) in [6.45, 7) is 10.2. The molecule has 0 radical (unpaired) electrons. The molecule has 80 valence electrons. The molecule has 2 N–H and O–H groups in total. The fourth-order valence-electron chi connectivity index (χ4n) is 1.66. The third-order valence-corrected chi connectivity index (χ3v) is 3.39. The van der Waals surface area contributed by atoms with E-state index in [1.54, 1.807) is 0 Å². The van der Waals surface area contributed by atoms with Gasteiger partial charge in [0.1, 0.15) is 0 Å². The number of nitrogens with two attached hydrogens (primary N) is 1. The molecule has 3 atom stereocenters. The molecule has 0 fully saturated rings. The Morgan fingerprint density at radius 3 is 2.00 bits per heavy atom. The van der Waals surface area contributed by atoms with Crippen LogP contribution in [0.2, 0.25) is 0 Å². The highest BCUT2D eigenvalue weighted by atomic mass is 14.5. The summed E-state index contributed by atoms with van der Waals surface area (Å²) in [7, 11) is 0. The minimum Gasteiger partial charge on any atom is -0.330 e. The van der Waals surface area contributed by atoms with Crippen molar-refractivity contribution in [2.75, 3.05) is 6.54 Å². The Morgan fingerprint density at radius 2 is 1.54 bits per heavy atom. The van der Waals surface area contributed by atoms with Gasteiger partial charge in [0, 0.05) is 0 Å². The Morgan fingerprint density at radius 1 is 0.923 bits per heavy atom. The van der Waals surface area contributed by atoms with Crippen molar-refractivity contribution in [3.8, 4) is 0 Å². The zero-order valence-electron chi connectivity index (χ0n) is 9.84. The Labute approximate surface area is 84.1 Å². The van der Waals surface area contributed by atoms with Crippen LogP contribution in [-0.2, 0) is 0 Å². The lowest BCUT2D eigenvalue weighted by Crippen LogP contribution is -2.10. The largest absolute Gasteiger partial charge is 0.330 e. The smallest absolute Gasteiger partial charge is 0.00747 e. The van der Waals surface area contributed by atoms with Gasteiger partial charge in [-0.1, -0.05) is 47.0 Å². The summed E-state index contributed by atoms with van der Waals surface area (Å²) in [5.74, 6) is 2.58. The molecule has 0 rings (SSSR count). The van der Waals surface area contributed by atoms with Crippen LogP contribution in [0.4, 0.5) is 0 Å². The molecule has 0 aromatic rings. The first kappa shape index (κ1) is 13.0. The average Bonchev–Trinajstić information content (AvgIpc) is 2.13. The summed E-state index contributed by atoms with van der Waals surface area (Å²) in [6, 6.07) is 0. The van der Waals surface area contributed by atoms with Gasteiger partial charge in [-0.05, 0) is 30.7 Å². The van der Waals surface area contributed by atoms with Gasteiger partial charge < -0.3 is 5.73 Å². The zero-order valence-corrected chi connectivity index (χ0v) is 9.84. The monoisotopic (exact) mass is 185 g/mol. The van der Waals surface area contributed by atoms with Crippen LogP contribution in [0, 0.1) is 17.8 Å². The zero-order chi connectivity index (χ0) is 10.3. The van der Waals surface area contributed by atoms with E-state index in [1.165, 1.54) is 25.7 Å². The minimum atomic E-state index is 0.816. The van der Waals surface area contributed by atoms with E-state index in [0.717, 1.165) is 24.3 Å². The molecule has 0 aliphatic carbocycles. The minimum absolute atomic E-state index is 0.816. The summed E-state index contributed by atoms with van der Waals surface area (Å²) >= 11 is 0. The molecule has 3 unspecified atom stereocenters. The van der Waals surface area contributed by atoms with Crippen molar-refractivity contribution < 1.29 is 0 Å². The summed E-state index contributed by atoms with van der Waals surface area (Å²) in [6.07, 6.45) is 5.22. The van der Waals surface area contributed by atoms with Gasteiger partial charge in [0.25, 0.3) is 0 Å². The van der Waals surface area contributed by atoms with Crippen molar-refractivity contribution in [2.45, 2.75) is 53.4 Å². The third kappa shape index (κ3) is 6.09. The molecule has 0 heterocycles. The third-order valence-electron chi connectivity index (χ3n) is 3.39. The molecule has 0 saturated carbocycles. The van der Waals surface area contributed by atoms with Crippen molar-refractivity contribution >= 4 is 0 Å². The maximum absolute atomic E-state index is 5.52. The second-order valence-corrected chi connectivity index (χ2v) is 4.62. The maximum Gasteiger partial charge on any atom is -0.00747 e. The first-order valence-electron chi connectivity index (χ1n) is 5.81. The number of hydrogen-bond donors (Lipinski definition) is 1. The standard InChI is InChI=1S/C12H27N/c1-5-11(3)12(4)7-6-10(2)8-9-13/h10-12H,5-9,13H2,1-4H3. The first-order valence-corrected chi connectivity index (χ1v) is 5.81. The van der Waals surface area contributed by atoms with E-state index < -0.39 is 0 Å². The van der Waals surface area contributed by atoms with E-state index in [4.69, 9.17) is 5.73 Å². The molecule has 0 spiro atoms. The Hall–Kier alpha value is -0.0400. The maximum atomic E-state index is 5.52. The topological polar surface area (TPSA) is 26.0 Å². The van der Waals surface area contributed by atoms with Crippen LogP contribution in [0.1, 0.15) is 53.4 Å². The van der Waals surface area contributed by atoms with Crippen LogP contribution < -0.4 is 5.73 Å². The molecule has 0 aromatic carbocycles. The van der Waals surface area contributed by atoms with Gasteiger partial charge in [-0.2, -0.15) is 0 Å². The lowest BCUT2D eigenvalue weighted by molar-refractivity contribution is 0.320. The van der Waals surface area contributed by atoms with E-state index in [1.807, 2.05) is 0 Å². The molecule has 1 heteroatoms. The number of hydrogen-bond acceptors (Lipinski definition) is 1. The van der Waals surface area contributed by atoms with Crippen molar-refractivity contribution in [3.63, 3.8) is 0 Å². The highest BCUT2D eigenvalue weighted by Crippen LogP contribution is 2.22. The Balaban J connectivity index is 3.50. The van der Waals surface area contributed by atoms with E-state index in [0.29, 0.717) is 0 Å². The molecule has 0 amide bonds.